The molecule has 1 aromatic carbocycles. The molecule has 2 N–H and O–H groups in total. The van der Waals surface area contributed by atoms with E-state index in [1.165, 1.54) is 0 Å². The van der Waals surface area contributed by atoms with Crippen LogP contribution in [0.1, 0.15) is 24.8 Å². The summed E-state index contributed by atoms with van der Waals surface area (Å²) in [6, 6.07) is 6.82. The zero-order chi connectivity index (χ0) is 20.2. The molecule has 0 saturated carbocycles. The first-order valence-corrected chi connectivity index (χ1v) is 8.59. The lowest BCUT2D eigenvalue weighted by Crippen LogP contribution is -2.40. The van der Waals surface area contributed by atoms with Gasteiger partial charge in [0.15, 0.2) is 0 Å². The molecule has 1 aromatic rings. The molecule has 0 radical (unpaired) electrons. The first kappa shape index (κ1) is 20.9. The Bertz CT molecular complexity index is 664. The minimum Gasteiger partial charge on any atom is -0.497 e. The number of carboxylic acid groups (broad SMARTS) is 1. The quantitative estimate of drug-likeness (QED) is 0.785. The number of aliphatic carboxylic acids is 1. The Balaban J connectivity index is 1.85. The molecule has 1 unspecified atom stereocenters. The van der Waals surface area contributed by atoms with E-state index in [1.54, 1.807) is 7.11 Å². The van der Waals surface area contributed by atoms with Crippen molar-refractivity contribution in [1.29, 1.82) is 0 Å². The number of alkyl halides is 3. The van der Waals surface area contributed by atoms with Gasteiger partial charge >= 0.3 is 18.2 Å². The van der Waals surface area contributed by atoms with Crippen LogP contribution in [0.4, 0.5) is 18.0 Å². The molecule has 1 heterocycles. The fourth-order valence-electron chi connectivity index (χ4n) is 3.16. The van der Waals surface area contributed by atoms with Gasteiger partial charge in [-0.25, -0.2) is 4.79 Å². The molecule has 3 atom stereocenters. The van der Waals surface area contributed by atoms with E-state index >= 15 is 0 Å². The van der Waals surface area contributed by atoms with E-state index < -0.39 is 43.1 Å². The zero-order valence-corrected chi connectivity index (χ0v) is 15.1. The van der Waals surface area contributed by atoms with Crippen LogP contribution in [0, 0.1) is 11.8 Å². The summed E-state index contributed by atoms with van der Waals surface area (Å²) >= 11 is 0. The first-order chi connectivity index (χ1) is 12.6. The average Bonchev–Trinajstić information content (AvgIpc) is 3.08. The number of methoxy groups -OCH3 is 1. The molecule has 1 aliphatic rings. The Hall–Kier alpha value is -2.45. The van der Waals surface area contributed by atoms with Gasteiger partial charge in [0.05, 0.1) is 18.9 Å². The number of rotatable bonds is 6. The molecule has 1 fully saturated rings. The summed E-state index contributed by atoms with van der Waals surface area (Å²) in [5.74, 6) is -4.35. The van der Waals surface area contributed by atoms with Gasteiger partial charge in [0.2, 0.25) is 0 Å². The molecule has 2 amide bonds. The maximum Gasteiger partial charge on any atom is 0.394 e. The lowest BCUT2D eigenvalue weighted by atomic mass is 9.96. The second-order valence-electron chi connectivity index (χ2n) is 6.69. The van der Waals surface area contributed by atoms with Gasteiger partial charge in [-0.1, -0.05) is 19.1 Å². The number of urea groups is 1. The molecule has 0 aliphatic carbocycles. The minimum atomic E-state index is -4.65. The average molecular weight is 388 g/mol. The highest BCUT2D eigenvalue weighted by Crippen LogP contribution is 2.37. The van der Waals surface area contributed by atoms with Crippen molar-refractivity contribution in [3.63, 3.8) is 0 Å². The molecule has 1 aliphatic heterocycles. The van der Waals surface area contributed by atoms with Gasteiger partial charge in [-0.15, -0.1) is 0 Å². The summed E-state index contributed by atoms with van der Waals surface area (Å²) in [6.07, 6.45) is -4.06. The predicted octanol–water partition coefficient (Wildman–Crippen LogP) is 3.09. The molecule has 6 nitrogen and oxygen atoms in total. The van der Waals surface area contributed by atoms with Crippen LogP contribution in [-0.2, 0) is 4.79 Å². The minimum absolute atomic E-state index is 0.129. The number of benzene rings is 1. The van der Waals surface area contributed by atoms with Crippen LogP contribution in [0.25, 0.3) is 0 Å². The highest BCUT2D eigenvalue weighted by molar-refractivity contribution is 5.77. The summed E-state index contributed by atoms with van der Waals surface area (Å²) in [5.41, 5.74) is 1.05. The van der Waals surface area contributed by atoms with Crippen LogP contribution in [0.3, 0.4) is 0 Å². The van der Waals surface area contributed by atoms with Crippen molar-refractivity contribution in [3.05, 3.63) is 29.8 Å². The predicted molar refractivity (Wildman–Crippen MR) is 91.7 cm³/mol. The van der Waals surface area contributed by atoms with Crippen molar-refractivity contribution in [1.82, 2.24) is 10.2 Å². The SMILES string of the molecule is COc1ccc(C(C)CCNC(=O)N2C[C@@H](C(F)(F)F)[C@H](C(=O)O)C2)cc1. The van der Waals surface area contributed by atoms with Crippen molar-refractivity contribution in [2.24, 2.45) is 11.8 Å². The number of hydrogen-bond acceptors (Lipinski definition) is 3. The van der Waals surface area contributed by atoms with Crippen molar-refractivity contribution in [2.45, 2.75) is 25.4 Å². The molecule has 0 aromatic heterocycles. The fraction of sp³-hybridized carbons (Fsp3) is 0.556. The normalized spacial score (nSPS) is 21.0. The van der Waals surface area contributed by atoms with Crippen molar-refractivity contribution < 1.29 is 32.6 Å². The van der Waals surface area contributed by atoms with E-state index in [9.17, 15) is 22.8 Å². The zero-order valence-electron chi connectivity index (χ0n) is 15.1. The molecular weight excluding hydrogens is 365 g/mol. The molecule has 1 saturated heterocycles. The number of amides is 2. The number of halogens is 3. The molecule has 2 rings (SSSR count). The monoisotopic (exact) mass is 388 g/mol. The van der Waals surface area contributed by atoms with Crippen molar-refractivity contribution in [3.8, 4) is 5.75 Å². The first-order valence-electron chi connectivity index (χ1n) is 8.59. The summed E-state index contributed by atoms with van der Waals surface area (Å²) in [6.45, 7) is 1.17. The number of nitrogens with zero attached hydrogens (tertiary/aromatic N) is 1. The Labute approximate surface area is 155 Å². The van der Waals surface area contributed by atoms with Crippen LogP contribution in [0.2, 0.25) is 0 Å². The summed E-state index contributed by atoms with van der Waals surface area (Å²) in [5, 5.41) is 11.6. The molecule has 0 spiro atoms. The summed E-state index contributed by atoms with van der Waals surface area (Å²) in [7, 11) is 1.57. The lowest BCUT2D eigenvalue weighted by molar-refractivity contribution is -0.187. The Morgan fingerprint density at radius 3 is 2.41 bits per heavy atom. The second kappa shape index (κ2) is 8.49. The third-order valence-corrected chi connectivity index (χ3v) is 4.88. The molecule has 150 valence electrons. The Kier molecular flexibility index (Phi) is 6.56. The van der Waals surface area contributed by atoms with Crippen molar-refractivity contribution in [2.75, 3.05) is 26.7 Å². The number of carboxylic acids is 1. The van der Waals surface area contributed by atoms with Crippen LogP contribution >= 0.6 is 0 Å². The number of carbonyl (C=O) groups excluding carboxylic acids is 1. The Morgan fingerprint density at radius 1 is 1.30 bits per heavy atom. The number of nitrogens with one attached hydrogen (secondary N) is 1. The highest BCUT2D eigenvalue weighted by Gasteiger charge is 2.53. The standard InChI is InChI=1S/C18H23F3N2O4/c1-11(12-3-5-13(27-2)6-4-12)7-8-22-17(26)23-9-14(16(24)25)15(10-23)18(19,20)21/h3-6,11,14-15H,7-10H2,1-2H3,(H,22,26)(H,24,25)/t11?,14-,15-/m1/s1. The maximum atomic E-state index is 13.0. The summed E-state index contributed by atoms with van der Waals surface area (Å²) < 4.78 is 44.0. The number of carbonyl (C=O) groups is 2. The third kappa shape index (κ3) is 5.27. The summed E-state index contributed by atoms with van der Waals surface area (Å²) in [4.78, 5) is 24.1. The van der Waals surface area contributed by atoms with E-state index in [0.29, 0.717) is 6.42 Å². The van der Waals surface area contributed by atoms with Gasteiger partial charge in [-0.3, -0.25) is 4.79 Å². The van der Waals surface area contributed by atoms with Gasteiger partial charge in [-0.2, -0.15) is 13.2 Å². The van der Waals surface area contributed by atoms with Gasteiger partial charge in [0, 0.05) is 19.6 Å². The van der Waals surface area contributed by atoms with Crippen LogP contribution in [0.15, 0.2) is 24.3 Å². The van der Waals surface area contributed by atoms with Gasteiger partial charge in [-0.05, 0) is 30.0 Å². The molecule has 9 heteroatoms. The van der Waals surface area contributed by atoms with E-state index in [1.807, 2.05) is 31.2 Å². The Morgan fingerprint density at radius 2 is 1.93 bits per heavy atom. The second-order valence-corrected chi connectivity index (χ2v) is 6.69. The van der Waals surface area contributed by atoms with Crippen LogP contribution in [-0.4, -0.2) is 54.9 Å². The lowest BCUT2D eigenvalue weighted by Gasteiger charge is -2.19. The van der Waals surface area contributed by atoms with Crippen LogP contribution < -0.4 is 10.1 Å². The van der Waals surface area contributed by atoms with E-state index in [4.69, 9.17) is 9.84 Å². The number of ether oxygens (including phenoxy) is 1. The van der Waals surface area contributed by atoms with E-state index in [2.05, 4.69) is 5.32 Å². The third-order valence-electron chi connectivity index (χ3n) is 4.88. The maximum absolute atomic E-state index is 13.0. The smallest absolute Gasteiger partial charge is 0.394 e. The topological polar surface area (TPSA) is 78.9 Å². The molecule has 0 bridgehead atoms. The van der Waals surface area contributed by atoms with E-state index in [0.717, 1.165) is 16.2 Å². The molecular formula is C18H23F3N2O4. The van der Waals surface area contributed by atoms with E-state index in [-0.39, 0.29) is 12.5 Å². The van der Waals surface area contributed by atoms with Gasteiger partial charge in [0.25, 0.3) is 0 Å². The van der Waals surface area contributed by atoms with Gasteiger partial charge in [0.1, 0.15) is 5.75 Å². The molecule has 27 heavy (non-hydrogen) atoms. The van der Waals surface area contributed by atoms with Gasteiger partial charge < -0.3 is 20.1 Å². The largest absolute Gasteiger partial charge is 0.497 e. The van der Waals surface area contributed by atoms with Crippen LogP contribution in [0.5, 0.6) is 5.75 Å². The fourth-order valence-corrected chi connectivity index (χ4v) is 3.16. The number of hydrogen-bond donors (Lipinski definition) is 2. The van der Waals surface area contributed by atoms with Crippen molar-refractivity contribution >= 4 is 12.0 Å². The highest BCUT2D eigenvalue weighted by atomic mass is 19.4. The number of likely N-dealkylation sites (tertiary alicyclic amines) is 1.